The lowest BCUT2D eigenvalue weighted by molar-refractivity contribution is -0.130. The number of hydrogen-bond acceptors (Lipinski definition) is 4. The number of hydrogen-bond donors (Lipinski definition) is 2. The first-order chi connectivity index (χ1) is 9.95. The van der Waals surface area contributed by atoms with Crippen LogP contribution >= 0.6 is 11.6 Å². The maximum atomic E-state index is 11.7. The number of ether oxygens (including phenoxy) is 1. The highest BCUT2D eigenvalue weighted by molar-refractivity contribution is 6.33. The smallest absolute Gasteiger partial charge is 0.340 e. The monoisotopic (exact) mass is 312 g/mol. The average molecular weight is 313 g/mol. The molecule has 7 heteroatoms. The zero-order chi connectivity index (χ0) is 15.8. The van der Waals surface area contributed by atoms with E-state index >= 15 is 0 Å². The number of carbonyl (C=O) groups is 3. The molecule has 1 aromatic carbocycles. The Kier molecular flexibility index (Phi) is 6.68. The van der Waals surface area contributed by atoms with Gasteiger partial charge in [0.05, 0.1) is 10.6 Å². The first-order valence-electron chi connectivity index (χ1n) is 6.44. The number of carbonyl (C=O) groups excluding carboxylic acids is 3. The Morgan fingerprint density at radius 2 is 1.95 bits per heavy atom. The number of amides is 2. The average Bonchev–Trinajstić information content (AvgIpc) is 2.45. The molecule has 0 unspecified atom stereocenters. The van der Waals surface area contributed by atoms with E-state index in [1.165, 1.54) is 6.07 Å². The van der Waals surface area contributed by atoms with Crippen LogP contribution in [0.2, 0.25) is 5.02 Å². The molecule has 0 fully saturated rings. The highest BCUT2D eigenvalue weighted by Gasteiger charge is 2.17. The molecule has 0 heterocycles. The van der Waals surface area contributed by atoms with Gasteiger partial charge in [-0.25, -0.2) is 4.79 Å². The van der Waals surface area contributed by atoms with Gasteiger partial charge in [-0.05, 0) is 26.0 Å². The second-order valence-corrected chi connectivity index (χ2v) is 4.65. The van der Waals surface area contributed by atoms with E-state index in [1.807, 2.05) is 0 Å². The molecular formula is C14H17ClN2O4. The Balaban J connectivity index is 2.45. The zero-order valence-electron chi connectivity index (χ0n) is 11.8. The second-order valence-electron chi connectivity index (χ2n) is 4.24. The van der Waals surface area contributed by atoms with E-state index in [-0.39, 0.29) is 16.5 Å². The van der Waals surface area contributed by atoms with E-state index in [0.717, 1.165) is 0 Å². The Hall–Kier alpha value is -2.08. The summed E-state index contributed by atoms with van der Waals surface area (Å²) in [4.78, 5) is 34.7. The number of nitrogens with one attached hydrogen (secondary N) is 2. The van der Waals surface area contributed by atoms with Gasteiger partial charge < -0.3 is 15.4 Å². The SMILES string of the molecule is CCNC(=O)[C@@H](C)NC(=O)COC(=O)c1ccccc1Cl. The number of halogens is 1. The number of esters is 1. The molecule has 1 rings (SSSR count). The highest BCUT2D eigenvalue weighted by Crippen LogP contribution is 2.15. The molecule has 2 amide bonds. The van der Waals surface area contributed by atoms with Gasteiger partial charge in [0.25, 0.3) is 5.91 Å². The molecule has 6 nitrogen and oxygen atoms in total. The minimum Gasteiger partial charge on any atom is -0.452 e. The van der Waals surface area contributed by atoms with Crippen LogP contribution in [0.15, 0.2) is 24.3 Å². The van der Waals surface area contributed by atoms with Crippen molar-refractivity contribution in [1.82, 2.24) is 10.6 Å². The predicted molar refractivity (Wildman–Crippen MR) is 78.0 cm³/mol. The van der Waals surface area contributed by atoms with Crippen molar-refractivity contribution < 1.29 is 19.1 Å². The summed E-state index contributed by atoms with van der Waals surface area (Å²) in [7, 11) is 0. The fraction of sp³-hybridized carbons (Fsp3) is 0.357. The van der Waals surface area contributed by atoms with Crippen molar-refractivity contribution in [3.8, 4) is 0 Å². The summed E-state index contributed by atoms with van der Waals surface area (Å²) < 4.78 is 4.84. The van der Waals surface area contributed by atoms with Gasteiger partial charge in [0, 0.05) is 6.54 Å². The van der Waals surface area contributed by atoms with Gasteiger partial charge in [-0.3, -0.25) is 9.59 Å². The molecule has 114 valence electrons. The van der Waals surface area contributed by atoms with Crippen molar-refractivity contribution in [2.75, 3.05) is 13.2 Å². The van der Waals surface area contributed by atoms with Gasteiger partial charge in [0.1, 0.15) is 6.04 Å². The van der Waals surface area contributed by atoms with Crippen LogP contribution in [0.1, 0.15) is 24.2 Å². The normalized spacial score (nSPS) is 11.4. The lowest BCUT2D eigenvalue weighted by Crippen LogP contribution is -2.46. The van der Waals surface area contributed by atoms with E-state index < -0.39 is 24.5 Å². The summed E-state index contributed by atoms with van der Waals surface area (Å²) in [5.74, 6) is -1.56. The number of benzene rings is 1. The Labute approximate surface area is 127 Å². The molecule has 0 aliphatic heterocycles. The predicted octanol–water partition coefficient (Wildman–Crippen LogP) is 1.14. The van der Waals surface area contributed by atoms with Crippen molar-refractivity contribution in [2.24, 2.45) is 0 Å². The summed E-state index contributed by atoms with van der Waals surface area (Å²) >= 11 is 5.84. The van der Waals surface area contributed by atoms with Crippen LogP contribution in [-0.4, -0.2) is 37.0 Å². The molecular weight excluding hydrogens is 296 g/mol. The van der Waals surface area contributed by atoms with Crippen molar-refractivity contribution in [3.05, 3.63) is 34.9 Å². The van der Waals surface area contributed by atoms with Gasteiger partial charge in [0.2, 0.25) is 5.91 Å². The summed E-state index contributed by atoms with van der Waals surface area (Å²) in [6, 6.07) is 5.67. The molecule has 1 atom stereocenters. The Morgan fingerprint density at radius 1 is 1.29 bits per heavy atom. The first kappa shape index (κ1) is 17.0. The van der Waals surface area contributed by atoms with Crippen LogP contribution < -0.4 is 10.6 Å². The quantitative estimate of drug-likeness (QED) is 0.771. The van der Waals surface area contributed by atoms with Gasteiger partial charge in [-0.1, -0.05) is 23.7 Å². The summed E-state index contributed by atoms with van der Waals surface area (Å²) in [5.41, 5.74) is 0.184. The van der Waals surface area contributed by atoms with Gasteiger partial charge in [-0.2, -0.15) is 0 Å². The van der Waals surface area contributed by atoms with E-state index in [4.69, 9.17) is 16.3 Å². The molecule has 2 N–H and O–H groups in total. The van der Waals surface area contributed by atoms with E-state index in [0.29, 0.717) is 6.54 Å². The molecule has 0 aliphatic carbocycles. The van der Waals surface area contributed by atoms with Crippen LogP contribution in [0.3, 0.4) is 0 Å². The topological polar surface area (TPSA) is 84.5 Å². The second kappa shape index (κ2) is 8.26. The van der Waals surface area contributed by atoms with Crippen LogP contribution in [0.4, 0.5) is 0 Å². The number of rotatable bonds is 6. The molecule has 0 aromatic heterocycles. The third-order valence-corrected chi connectivity index (χ3v) is 2.88. The maximum absolute atomic E-state index is 11.7. The minimum absolute atomic E-state index is 0.184. The van der Waals surface area contributed by atoms with Crippen LogP contribution in [0.25, 0.3) is 0 Å². The molecule has 0 saturated carbocycles. The molecule has 0 bridgehead atoms. The van der Waals surface area contributed by atoms with Gasteiger partial charge in [-0.15, -0.1) is 0 Å². The van der Waals surface area contributed by atoms with E-state index in [2.05, 4.69) is 10.6 Å². The molecule has 0 aliphatic rings. The molecule has 0 radical (unpaired) electrons. The van der Waals surface area contributed by atoms with E-state index in [9.17, 15) is 14.4 Å². The largest absolute Gasteiger partial charge is 0.452 e. The van der Waals surface area contributed by atoms with Gasteiger partial charge >= 0.3 is 5.97 Å². The fourth-order valence-electron chi connectivity index (χ4n) is 1.51. The minimum atomic E-state index is -0.698. The van der Waals surface area contributed by atoms with Crippen LogP contribution in [0.5, 0.6) is 0 Å². The van der Waals surface area contributed by atoms with Crippen LogP contribution in [-0.2, 0) is 14.3 Å². The lowest BCUT2D eigenvalue weighted by atomic mass is 10.2. The third kappa shape index (κ3) is 5.43. The van der Waals surface area contributed by atoms with Crippen molar-refractivity contribution in [3.63, 3.8) is 0 Å². The zero-order valence-corrected chi connectivity index (χ0v) is 12.6. The Bertz CT molecular complexity index is 533. The maximum Gasteiger partial charge on any atom is 0.340 e. The standard InChI is InChI=1S/C14H17ClN2O4/c1-3-16-13(19)9(2)17-12(18)8-21-14(20)10-6-4-5-7-11(10)15/h4-7,9H,3,8H2,1-2H3,(H,16,19)(H,17,18)/t9-/m1/s1. The van der Waals surface area contributed by atoms with Crippen LogP contribution in [0, 0.1) is 0 Å². The van der Waals surface area contributed by atoms with Crippen molar-refractivity contribution in [2.45, 2.75) is 19.9 Å². The summed E-state index contributed by atoms with van der Waals surface area (Å²) in [6.07, 6.45) is 0. The van der Waals surface area contributed by atoms with Gasteiger partial charge in [0.15, 0.2) is 6.61 Å². The first-order valence-corrected chi connectivity index (χ1v) is 6.82. The Morgan fingerprint density at radius 3 is 2.57 bits per heavy atom. The summed E-state index contributed by atoms with van der Waals surface area (Å²) in [6.45, 7) is 3.31. The molecule has 0 spiro atoms. The molecule has 21 heavy (non-hydrogen) atoms. The molecule has 1 aromatic rings. The lowest BCUT2D eigenvalue weighted by Gasteiger charge is -2.13. The van der Waals surface area contributed by atoms with Crippen molar-refractivity contribution in [1.29, 1.82) is 0 Å². The van der Waals surface area contributed by atoms with E-state index in [1.54, 1.807) is 32.0 Å². The fourth-order valence-corrected chi connectivity index (χ4v) is 1.72. The summed E-state index contributed by atoms with van der Waals surface area (Å²) in [5, 5.41) is 5.24. The number of likely N-dealkylation sites (N-methyl/N-ethyl adjacent to an activating group) is 1. The third-order valence-electron chi connectivity index (χ3n) is 2.55. The van der Waals surface area contributed by atoms with Crippen molar-refractivity contribution >= 4 is 29.4 Å². The molecule has 0 saturated heterocycles. The highest BCUT2D eigenvalue weighted by atomic mass is 35.5.